The van der Waals surface area contributed by atoms with Crippen LogP contribution in [0.4, 0.5) is 4.39 Å². The third-order valence-corrected chi connectivity index (χ3v) is 2.98. The van der Waals surface area contributed by atoms with Crippen LogP contribution in [0.1, 0.15) is 26.7 Å². The van der Waals surface area contributed by atoms with Crippen molar-refractivity contribution in [3.05, 3.63) is 41.1 Å². The van der Waals surface area contributed by atoms with Gasteiger partial charge >= 0.3 is 0 Å². The minimum atomic E-state index is -0.409. The highest BCUT2D eigenvalue weighted by atomic mass is 35.5. The maximum absolute atomic E-state index is 13.8. The van der Waals surface area contributed by atoms with E-state index in [2.05, 4.69) is 31.1 Å². The second-order valence-corrected chi connectivity index (χ2v) is 6.11. The van der Waals surface area contributed by atoms with Gasteiger partial charge in [0, 0.05) is 23.5 Å². The minimum Gasteiger partial charge on any atom is -0.441 e. The second kappa shape index (κ2) is 5.94. The van der Waals surface area contributed by atoms with E-state index in [-0.39, 0.29) is 5.54 Å². The number of rotatable bonds is 4. The van der Waals surface area contributed by atoms with Crippen LogP contribution in [0.3, 0.4) is 0 Å². The summed E-state index contributed by atoms with van der Waals surface area (Å²) in [6.07, 6.45) is 2.20. The van der Waals surface area contributed by atoms with E-state index in [4.69, 9.17) is 16.0 Å². The van der Waals surface area contributed by atoms with E-state index >= 15 is 0 Å². The van der Waals surface area contributed by atoms with Crippen molar-refractivity contribution in [1.29, 1.82) is 0 Å². The summed E-state index contributed by atoms with van der Waals surface area (Å²) in [5, 5.41) is 3.71. The van der Waals surface area contributed by atoms with Gasteiger partial charge < -0.3 is 9.73 Å². The first-order valence-corrected chi connectivity index (χ1v) is 6.88. The predicted molar refractivity (Wildman–Crippen MR) is 78.4 cm³/mol. The molecule has 1 aromatic heterocycles. The number of nitrogens with one attached hydrogen (secondary N) is 1. The molecule has 0 aliphatic rings. The largest absolute Gasteiger partial charge is 0.441 e. The highest BCUT2D eigenvalue weighted by molar-refractivity contribution is 6.30. The van der Waals surface area contributed by atoms with Crippen LogP contribution in [-0.4, -0.2) is 17.1 Å². The molecule has 0 amide bonds. The Kier molecular flexibility index (Phi) is 4.45. The van der Waals surface area contributed by atoms with E-state index in [1.807, 2.05) is 0 Å². The van der Waals surface area contributed by atoms with Crippen LogP contribution in [-0.2, 0) is 6.42 Å². The van der Waals surface area contributed by atoms with Gasteiger partial charge in [-0.25, -0.2) is 9.37 Å². The summed E-state index contributed by atoms with van der Waals surface area (Å²) in [6, 6.07) is 4.49. The van der Waals surface area contributed by atoms with Gasteiger partial charge in [0.25, 0.3) is 0 Å². The first kappa shape index (κ1) is 15.0. The van der Waals surface area contributed by atoms with Crippen molar-refractivity contribution in [3.63, 3.8) is 0 Å². The van der Waals surface area contributed by atoms with Gasteiger partial charge in [-0.1, -0.05) is 11.6 Å². The summed E-state index contributed by atoms with van der Waals surface area (Å²) < 4.78 is 19.3. The van der Waals surface area contributed by atoms with Crippen molar-refractivity contribution in [2.45, 2.75) is 32.7 Å². The quantitative estimate of drug-likeness (QED) is 0.924. The van der Waals surface area contributed by atoms with Crippen molar-refractivity contribution in [1.82, 2.24) is 10.3 Å². The molecule has 1 N–H and O–H groups in total. The summed E-state index contributed by atoms with van der Waals surface area (Å²) in [6.45, 7) is 7.04. The van der Waals surface area contributed by atoms with Gasteiger partial charge in [-0.05, 0) is 39.0 Å². The van der Waals surface area contributed by atoms with E-state index < -0.39 is 5.82 Å². The Bertz CT molecular complexity index is 590. The Labute approximate surface area is 123 Å². The Balaban J connectivity index is 2.05. The maximum atomic E-state index is 13.8. The second-order valence-electron chi connectivity index (χ2n) is 5.67. The average molecular weight is 297 g/mol. The highest BCUT2D eigenvalue weighted by Crippen LogP contribution is 2.26. The molecule has 2 rings (SSSR count). The molecule has 0 fully saturated rings. The molecular formula is C15H18ClFN2O. The summed E-state index contributed by atoms with van der Waals surface area (Å²) in [5.74, 6) is 0.601. The number of nitrogens with zero attached hydrogens (tertiary/aromatic N) is 1. The standard InChI is InChI=1S/C15H18ClFN2O/c1-15(2,3)19-7-6-14-18-9-13(20-14)11-5-4-10(16)8-12(11)17/h4-5,8-9,19H,6-7H2,1-3H3. The van der Waals surface area contributed by atoms with Gasteiger partial charge in [0.1, 0.15) is 5.82 Å². The Hall–Kier alpha value is -1.39. The number of hydrogen-bond donors (Lipinski definition) is 1. The topological polar surface area (TPSA) is 38.1 Å². The van der Waals surface area contributed by atoms with Gasteiger partial charge in [0.15, 0.2) is 11.7 Å². The van der Waals surface area contributed by atoms with E-state index in [1.165, 1.54) is 6.07 Å². The van der Waals surface area contributed by atoms with Gasteiger partial charge in [-0.15, -0.1) is 0 Å². The summed E-state index contributed by atoms with van der Waals surface area (Å²) in [5.41, 5.74) is 0.425. The fourth-order valence-electron chi connectivity index (χ4n) is 1.78. The molecule has 20 heavy (non-hydrogen) atoms. The van der Waals surface area contributed by atoms with Crippen LogP contribution >= 0.6 is 11.6 Å². The smallest absolute Gasteiger partial charge is 0.196 e. The first-order chi connectivity index (χ1) is 9.35. The molecule has 2 aromatic rings. The normalized spacial score (nSPS) is 11.8. The van der Waals surface area contributed by atoms with Crippen molar-refractivity contribution < 1.29 is 8.81 Å². The van der Waals surface area contributed by atoms with Gasteiger partial charge in [-0.3, -0.25) is 0 Å². The fourth-order valence-corrected chi connectivity index (χ4v) is 1.94. The maximum Gasteiger partial charge on any atom is 0.196 e. The van der Waals surface area contributed by atoms with Crippen LogP contribution in [0.25, 0.3) is 11.3 Å². The number of halogens is 2. The summed E-state index contributed by atoms with van der Waals surface area (Å²) in [4.78, 5) is 4.17. The molecule has 0 aliphatic heterocycles. The van der Waals surface area contributed by atoms with Crippen LogP contribution in [0, 0.1) is 5.82 Å². The molecule has 0 saturated carbocycles. The van der Waals surface area contributed by atoms with E-state index in [1.54, 1.807) is 18.3 Å². The molecule has 0 aliphatic carbocycles. The van der Waals surface area contributed by atoms with Crippen LogP contribution < -0.4 is 5.32 Å². The Morgan fingerprint density at radius 1 is 1.35 bits per heavy atom. The van der Waals surface area contributed by atoms with Crippen molar-refractivity contribution >= 4 is 11.6 Å². The van der Waals surface area contributed by atoms with Crippen molar-refractivity contribution in [2.75, 3.05) is 6.54 Å². The third-order valence-electron chi connectivity index (χ3n) is 2.74. The van der Waals surface area contributed by atoms with Gasteiger partial charge in [0.2, 0.25) is 0 Å². The zero-order chi connectivity index (χ0) is 14.8. The number of hydrogen-bond acceptors (Lipinski definition) is 3. The number of aromatic nitrogens is 1. The lowest BCUT2D eigenvalue weighted by Gasteiger charge is -2.19. The molecule has 0 unspecified atom stereocenters. The molecule has 1 heterocycles. The molecule has 0 saturated heterocycles. The SMILES string of the molecule is CC(C)(C)NCCc1ncc(-c2ccc(Cl)cc2F)o1. The Morgan fingerprint density at radius 2 is 2.10 bits per heavy atom. The lowest BCUT2D eigenvalue weighted by Crippen LogP contribution is -2.37. The predicted octanol–water partition coefficient (Wildman–Crippen LogP) is 4.06. The highest BCUT2D eigenvalue weighted by Gasteiger charge is 2.13. The molecule has 0 radical (unpaired) electrons. The van der Waals surface area contributed by atoms with Crippen LogP contribution in [0.5, 0.6) is 0 Å². The monoisotopic (exact) mass is 296 g/mol. The molecule has 0 spiro atoms. The third kappa shape index (κ3) is 4.05. The molecular weight excluding hydrogens is 279 g/mol. The molecule has 3 nitrogen and oxygen atoms in total. The van der Waals surface area contributed by atoms with Crippen molar-refractivity contribution in [2.24, 2.45) is 0 Å². The number of benzene rings is 1. The summed E-state index contributed by atoms with van der Waals surface area (Å²) >= 11 is 5.73. The lowest BCUT2D eigenvalue weighted by molar-refractivity contribution is 0.411. The minimum absolute atomic E-state index is 0.0533. The average Bonchev–Trinajstić information content (AvgIpc) is 2.75. The van der Waals surface area contributed by atoms with E-state index in [0.717, 1.165) is 6.54 Å². The molecule has 5 heteroatoms. The summed E-state index contributed by atoms with van der Waals surface area (Å²) in [7, 11) is 0. The first-order valence-electron chi connectivity index (χ1n) is 6.50. The zero-order valence-corrected chi connectivity index (χ0v) is 12.6. The van der Waals surface area contributed by atoms with Crippen LogP contribution in [0.15, 0.2) is 28.8 Å². The van der Waals surface area contributed by atoms with Crippen molar-refractivity contribution in [3.8, 4) is 11.3 Å². The zero-order valence-electron chi connectivity index (χ0n) is 11.8. The van der Waals surface area contributed by atoms with Crippen LogP contribution in [0.2, 0.25) is 5.02 Å². The van der Waals surface area contributed by atoms with E-state index in [0.29, 0.717) is 28.7 Å². The van der Waals surface area contributed by atoms with Gasteiger partial charge in [-0.2, -0.15) is 0 Å². The lowest BCUT2D eigenvalue weighted by atomic mass is 10.1. The molecule has 0 atom stereocenters. The van der Waals surface area contributed by atoms with E-state index in [9.17, 15) is 4.39 Å². The molecule has 108 valence electrons. The Morgan fingerprint density at radius 3 is 2.75 bits per heavy atom. The molecule has 0 bridgehead atoms. The van der Waals surface area contributed by atoms with Gasteiger partial charge in [0.05, 0.1) is 11.8 Å². The fraction of sp³-hybridized carbons (Fsp3) is 0.400. The molecule has 1 aromatic carbocycles. The number of oxazole rings is 1.